The summed E-state index contributed by atoms with van der Waals surface area (Å²) in [6.45, 7) is 4.47. The van der Waals surface area contributed by atoms with Gasteiger partial charge in [-0.15, -0.1) is 0 Å². The van der Waals surface area contributed by atoms with E-state index in [4.69, 9.17) is 10.7 Å². The number of pyridine rings is 1. The van der Waals surface area contributed by atoms with Gasteiger partial charge in [-0.2, -0.15) is 10.1 Å². The van der Waals surface area contributed by atoms with Crippen LogP contribution in [0, 0.1) is 0 Å². The van der Waals surface area contributed by atoms with E-state index in [0.29, 0.717) is 40.6 Å². The maximum atomic E-state index is 12.8. The van der Waals surface area contributed by atoms with E-state index < -0.39 is 0 Å². The van der Waals surface area contributed by atoms with Crippen molar-refractivity contribution in [2.24, 2.45) is 0 Å². The molecule has 6 rings (SSSR count). The van der Waals surface area contributed by atoms with Gasteiger partial charge >= 0.3 is 0 Å². The summed E-state index contributed by atoms with van der Waals surface area (Å²) >= 11 is 0. The van der Waals surface area contributed by atoms with E-state index in [9.17, 15) is 4.79 Å². The van der Waals surface area contributed by atoms with Gasteiger partial charge in [-0.25, -0.2) is 14.5 Å². The van der Waals surface area contributed by atoms with Crippen LogP contribution < -0.4 is 21.3 Å². The van der Waals surface area contributed by atoms with Crippen LogP contribution in [0.15, 0.2) is 48.9 Å². The molecule has 1 aliphatic heterocycles. The first kappa shape index (κ1) is 21.8. The van der Waals surface area contributed by atoms with Gasteiger partial charge in [0.15, 0.2) is 11.5 Å². The van der Waals surface area contributed by atoms with Crippen molar-refractivity contribution < 1.29 is 4.79 Å². The van der Waals surface area contributed by atoms with Crippen molar-refractivity contribution in [3.8, 4) is 11.1 Å². The normalized spacial score (nSPS) is 13.5. The predicted molar refractivity (Wildman–Crippen MR) is 139 cm³/mol. The highest BCUT2D eigenvalue weighted by atomic mass is 16.1. The number of H-pyrrole nitrogens is 1. The Labute approximate surface area is 206 Å². The largest absolute Gasteiger partial charge is 0.382 e. The number of benzene rings is 1. The van der Waals surface area contributed by atoms with Gasteiger partial charge in [0, 0.05) is 37.1 Å². The first-order valence-corrected chi connectivity index (χ1v) is 12.0. The summed E-state index contributed by atoms with van der Waals surface area (Å²) < 4.78 is 1.59. The third kappa shape index (κ3) is 3.84. The van der Waals surface area contributed by atoms with E-state index in [1.807, 2.05) is 43.3 Å². The van der Waals surface area contributed by atoms with Gasteiger partial charge in [0.2, 0.25) is 5.95 Å². The number of anilines is 4. The Morgan fingerprint density at radius 2 is 1.92 bits per heavy atom. The van der Waals surface area contributed by atoms with E-state index >= 15 is 0 Å². The molecule has 1 aromatic carbocycles. The standard InChI is InChI=1S/C25H26N10O/c1-2-27-24(36)17-13-35-21(22(26)28-14-29-35)20(17)15-5-7-16(8-6-15)30-25-31-18-9-10-19(32-23(18)33-25)34-11-3-4-12-34/h5-10,13-14H,2-4,11-12H2,1H3,(H,27,36)(H2,26,28,29)(H2,30,31,32,33). The fourth-order valence-electron chi connectivity index (χ4n) is 4.68. The number of carbonyl (C=O) groups excluding carboxylic acids is 1. The van der Waals surface area contributed by atoms with Crippen LogP contribution in [0.2, 0.25) is 0 Å². The van der Waals surface area contributed by atoms with Crippen molar-refractivity contribution in [1.29, 1.82) is 0 Å². The predicted octanol–water partition coefficient (Wildman–Crippen LogP) is 3.34. The molecule has 0 atom stereocenters. The summed E-state index contributed by atoms with van der Waals surface area (Å²) in [6, 6.07) is 11.8. The number of imidazole rings is 1. The quantitative estimate of drug-likeness (QED) is 0.289. The lowest BCUT2D eigenvalue weighted by Gasteiger charge is -2.15. The van der Waals surface area contributed by atoms with Crippen LogP contribution in [0.5, 0.6) is 0 Å². The number of carbonyl (C=O) groups is 1. The molecule has 1 fully saturated rings. The molecule has 5 N–H and O–H groups in total. The minimum absolute atomic E-state index is 0.192. The molecule has 0 bridgehead atoms. The maximum Gasteiger partial charge on any atom is 0.253 e. The first-order chi connectivity index (χ1) is 17.6. The molecule has 36 heavy (non-hydrogen) atoms. The SMILES string of the molecule is CCNC(=O)c1cn2ncnc(N)c2c1-c1ccc(Nc2nc3nc(N4CCCC4)ccc3[nH]2)cc1. The number of fused-ring (bicyclic) bond motifs is 2. The molecular weight excluding hydrogens is 456 g/mol. The van der Waals surface area contributed by atoms with Gasteiger partial charge in [0.25, 0.3) is 5.91 Å². The average molecular weight is 483 g/mol. The number of aromatic amines is 1. The van der Waals surface area contributed by atoms with Crippen LogP contribution in [-0.4, -0.2) is 55.1 Å². The second kappa shape index (κ2) is 8.84. The minimum atomic E-state index is -0.192. The van der Waals surface area contributed by atoms with Gasteiger partial charge in [-0.05, 0) is 49.6 Å². The molecule has 1 saturated heterocycles. The molecule has 0 unspecified atom stereocenters. The van der Waals surface area contributed by atoms with Gasteiger partial charge < -0.3 is 26.3 Å². The number of aromatic nitrogens is 6. The third-order valence-electron chi connectivity index (χ3n) is 6.38. The third-order valence-corrected chi connectivity index (χ3v) is 6.38. The van der Waals surface area contributed by atoms with Crippen LogP contribution in [0.3, 0.4) is 0 Å². The van der Waals surface area contributed by atoms with E-state index in [1.54, 1.807) is 10.7 Å². The molecule has 5 aromatic rings. The highest BCUT2D eigenvalue weighted by Gasteiger charge is 2.21. The summed E-state index contributed by atoms with van der Waals surface area (Å²) in [5, 5.41) is 10.4. The Morgan fingerprint density at radius 1 is 1.11 bits per heavy atom. The average Bonchev–Trinajstić information content (AvgIpc) is 3.63. The van der Waals surface area contributed by atoms with Crippen molar-refractivity contribution in [3.05, 3.63) is 54.5 Å². The fourth-order valence-corrected chi connectivity index (χ4v) is 4.68. The number of amides is 1. The molecule has 0 aliphatic carbocycles. The molecule has 11 nitrogen and oxygen atoms in total. The van der Waals surface area contributed by atoms with Gasteiger partial charge in [-0.3, -0.25) is 4.79 Å². The number of nitrogen functional groups attached to an aromatic ring is 1. The molecule has 4 aromatic heterocycles. The van der Waals surface area contributed by atoms with E-state index in [0.717, 1.165) is 35.7 Å². The summed E-state index contributed by atoms with van der Waals surface area (Å²) in [6.07, 6.45) is 5.45. The Kier molecular flexibility index (Phi) is 5.36. The summed E-state index contributed by atoms with van der Waals surface area (Å²) in [5.41, 5.74) is 11.2. The van der Waals surface area contributed by atoms with Crippen LogP contribution in [0.4, 0.5) is 23.3 Å². The molecule has 182 valence electrons. The minimum Gasteiger partial charge on any atom is -0.382 e. The Hall–Kier alpha value is -4.67. The molecule has 11 heteroatoms. The van der Waals surface area contributed by atoms with Crippen molar-refractivity contribution in [3.63, 3.8) is 0 Å². The van der Waals surface area contributed by atoms with Crippen LogP contribution in [0.1, 0.15) is 30.1 Å². The van der Waals surface area contributed by atoms with Crippen molar-refractivity contribution in [2.45, 2.75) is 19.8 Å². The molecule has 0 saturated carbocycles. The van der Waals surface area contributed by atoms with Gasteiger partial charge in [0.05, 0.1) is 11.1 Å². The Bertz CT molecular complexity index is 1560. The fraction of sp³-hybridized carbons (Fsp3) is 0.240. The molecule has 0 radical (unpaired) electrons. The molecule has 1 aliphatic rings. The lowest BCUT2D eigenvalue weighted by Crippen LogP contribution is -2.22. The lowest BCUT2D eigenvalue weighted by atomic mass is 10.0. The van der Waals surface area contributed by atoms with Crippen LogP contribution in [0.25, 0.3) is 27.8 Å². The summed E-state index contributed by atoms with van der Waals surface area (Å²) in [4.78, 5) is 31.8. The first-order valence-electron chi connectivity index (χ1n) is 12.0. The molecule has 1 amide bonds. The number of hydrogen-bond acceptors (Lipinski definition) is 8. The summed E-state index contributed by atoms with van der Waals surface area (Å²) in [5.74, 6) is 1.69. The monoisotopic (exact) mass is 482 g/mol. The van der Waals surface area contributed by atoms with Crippen molar-refractivity contribution in [1.82, 2.24) is 34.9 Å². The van der Waals surface area contributed by atoms with Crippen LogP contribution >= 0.6 is 0 Å². The smallest absolute Gasteiger partial charge is 0.253 e. The highest BCUT2D eigenvalue weighted by molar-refractivity contribution is 6.07. The van der Waals surface area contributed by atoms with Gasteiger partial charge in [-0.1, -0.05) is 12.1 Å². The maximum absolute atomic E-state index is 12.8. The van der Waals surface area contributed by atoms with Gasteiger partial charge in [0.1, 0.15) is 17.7 Å². The number of rotatable bonds is 6. The summed E-state index contributed by atoms with van der Waals surface area (Å²) in [7, 11) is 0. The molecule has 5 heterocycles. The lowest BCUT2D eigenvalue weighted by molar-refractivity contribution is 0.0956. The Balaban J connectivity index is 1.30. The second-order valence-corrected chi connectivity index (χ2v) is 8.74. The number of nitrogens with two attached hydrogens (primary N) is 1. The Morgan fingerprint density at radius 3 is 2.69 bits per heavy atom. The van der Waals surface area contributed by atoms with Crippen LogP contribution in [-0.2, 0) is 0 Å². The molecule has 0 spiro atoms. The number of hydrogen-bond donors (Lipinski definition) is 4. The molecular formula is C25H26N10O. The van der Waals surface area contributed by atoms with Crippen molar-refractivity contribution >= 4 is 45.9 Å². The van der Waals surface area contributed by atoms with E-state index in [1.165, 1.54) is 19.2 Å². The second-order valence-electron chi connectivity index (χ2n) is 8.74. The van der Waals surface area contributed by atoms with Crippen molar-refractivity contribution in [2.75, 3.05) is 35.6 Å². The highest BCUT2D eigenvalue weighted by Crippen LogP contribution is 2.33. The topological polar surface area (TPSA) is 142 Å². The zero-order valence-corrected chi connectivity index (χ0v) is 19.8. The zero-order chi connectivity index (χ0) is 24.6. The van der Waals surface area contributed by atoms with E-state index in [-0.39, 0.29) is 5.91 Å². The zero-order valence-electron chi connectivity index (χ0n) is 19.8. The number of nitrogens with one attached hydrogen (secondary N) is 3. The number of nitrogens with zero attached hydrogens (tertiary/aromatic N) is 6. The van der Waals surface area contributed by atoms with E-state index in [2.05, 4.69) is 35.6 Å².